The molecule has 30 heavy (non-hydrogen) atoms. The molecule has 0 radical (unpaired) electrons. The summed E-state index contributed by atoms with van der Waals surface area (Å²) in [6.07, 6.45) is 0.736. The van der Waals surface area contributed by atoms with Gasteiger partial charge in [-0.05, 0) is 72.7 Å². The first-order valence-corrected chi connectivity index (χ1v) is 10.2. The number of amides is 1. The highest BCUT2D eigenvalue weighted by Gasteiger charge is 2.10. The maximum absolute atomic E-state index is 13.7. The van der Waals surface area contributed by atoms with Gasteiger partial charge in [-0.1, -0.05) is 41.4 Å². The summed E-state index contributed by atoms with van der Waals surface area (Å²) in [5.41, 5.74) is 2.35. The molecule has 3 aromatic rings. The van der Waals surface area contributed by atoms with Gasteiger partial charge >= 0.3 is 0 Å². The lowest BCUT2D eigenvalue weighted by Gasteiger charge is -2.12. The molecular weight excluding hydrogens is 444 g/mol. The number of hydrogen-bond acceptors (Lipinski definition) is 2. The predicted molar refractivity (Wildman–Crippen MR) is 125 cm³/mol. The van der Waals surface area contributed by atoms with Crippen LogP contribution in [0.2, 0.25) is 10.0 Å². The van der Waals surface area contributed by atoms with Crippen molar-refractivity contribution in [3.05, 3.63) is 93.7 Å². The van der Waals surface area contributed by atoms with Gasteiger partial charge in [0.05, 0.1) is 15.6 Å². The van der Waals surface area contributed by atoms with E-state index >= 15 is 0 Å². The Morgan fingerprint density at radius 3 is 2.23 bits per heavy atom. The Bertz CT molecular complexity index is 1060. The quantitative estimate of drug-likeness (QED) is 0.399. The lowest BCUT2D eigenvalue weighted by atomic mass is 10.1. The molecule has 0 bridgehead atoms. The van der Waals surface area contributed by atoms with E-state index in [1.165, 1.54) is 18.2 Å². The lowest BCUT2D eigenvalue weighted by molar-refractivity contribution is 0.102. The van der Waals surface area contributed by atoms with E-state index in [9.17, 15) is 9.18 Å². The van der Waals surface area contributed by atoms with E-state index in [1.54, 1.807) is 36.4 Å². The topological polar surface area (TPSA) is 53.2 Å². The van der Waals surface area contributed by atoms with Crippen LogP contribution < -0.4 is 16.0 Å². The highest BCUT2D eigenvalue weighted by atomic mass is 35.5. The number of carbonyl (C=O) groups is 1. The highest BCUT2D eigenvalue weighted by Crippen LogP contribution is 2.22. The third kappa shape index (κ3) is 6.16. The summed E-state index contributed by atoms with van der Waals surface area (Å²) in [4.78, 5) is 12.2. The summed E-state index contributed by atoms with van der Waals surface area (Å²) in [5.74, 6) is -1.07. The standard InChI is InChI=1S/C22H18Cl2FN3OS/c23-18-10-5-14(13-19(18)24)11-12-26-22(30)28-16-8-6-15(7-9-16)27-21(29)17-3-1-2-4-20(17)25/h1-10,13H,11-12H2,(H,27,29)(H2,26,28,30). The zero-order valence-corrected chi connectivity index (χ0v) is 18.0. The summed E-state index contributed by atoms with van der Waals surface area (Å²) < 4.78 is 13.7. The van der Waals surface area contributed by atoms with Crippen molar-refractivity contribution in [1.82, 2.24) is 5.32 Å². The molecule has 3 aromatic carbocycles. The predicted octanol–water partition coefficient (Wildman–Crippen LogP) is 5.91. The third-order valence-corrected chi connectivity index (χ3v) is 5.19. The summed E-state index contributed by atoms with van der Waals surface area (Å²) in [6.45, 7) is 0.626. The Labute approximate surface area is 189 Å². The highest BCUT2D eigenvalue weighted by molar-refractivity contribution is 7.80. The molecule has 0 aromatic heterocycles. The van der Waals surface area contributed by atoms with Crippen LogP contribution in [0, 0.1) is 5.82 Å². The van der Waals surface area contributed by atoms with Gasteiger partial charge in [0.1, 0.15) is 5.82 Å². The van der Waals surface area contributed by atoms with E-state index in [1.807, 2.05) is 12.1 Å². The number of carbonyl (C=O) groups excluding carboxylic acids is 1. The van der Waals surface area contributed by atoms with Crippen LogP contribution in [0.4, 0.5) is 15.8 Å². The van der Waals surface area contributed by atoms with Crippen LogP contribution in [-0.4, -0.2) is 17.6 Å². The minimum atomic E-state index is -0.564. The molecule has 154 valence electrons. The number of nitrogens with one attached hydrogen (secondary N) is 3. The third-order valence-electron chi connectivity index (χ3n) is 4.20. The van der Waals surface area contributed by atoms with Crippen molar-refractivity contribution in [3.8, 4) is 0 Å². The fourth-order valence-corrected chi connectivity index (χ4v) is 3.21. The number of anilines is 2. The van der Waals surface area contributed by atoms with E-state index in [0.717, 1.165) is 17.7 Å². The van der Waals surface area contributed by atoms with Crippen LogP contribution >= 0.6 is 35.4 Å². The molecule has 0 aliphatic rings. The Morgan fingerprint density at radius 1 is 0.900 bits per heavy atom. The average Bonchev–Trinajstić information content (AvgIpc) is 2.72. The molecule has 0 heterocycles. The fraction of sp³-hybridized carbons (Fsp3) is 0.0909. The number of halogens is 3. The van der Waals surface area contributed by atoms with Gasteiger partial charge in [-0.2, -0.15) is 0 Å². The second-order valence-corrected chi connectivity index (χ2v) is 7.61. The first kappa shape index (κ1) is 22.0. The zero-order chi connectivity index (χ0) is 21.5. The van der Waals surface area contributed by atoms with Gasteiger partial charge in [0.25, 0.3) is 5.91 Å². The van der Waals surface area contributed by atoms with Gasteiger partial charge < -0.3 is 16.0 Å². The molecule has 0 unspecified atom stereocenters. The normalized spacial score (nSPS) is 10.4. The van der Waals surface area contributed by atoms with Gasteiger partial charge in [0.2, 0.25) is 0 Å². The maximum atomic E-state index is 13.7. The molecule has 0 fully saturated rings. The monoisotopic (exact) mass is 461 g/mol. The zero-order valence-electron chi connectivity index (χ0n) is 15.7. The molecule has 3 rings (SSSR count). The minimum Gasteiger partial charge on any atom is -0.362 e. The Hall–Kier alpha value is -2.67. The van der Waals surface area contributed by atoms with Crippen molar-refractivity contribution in [3.63, 3.8) is 0 Å². The van der Waals surface area contributed by atoms with Crippen LogP contribution in [0.15, 0.2) is 66.7 Å². The second kappa shape index (κ2) is 10.4. The van der Waals surface area contributed by atoms with E-state index in [2.05, 4.69) is 16.0 Å². The molecule has 3 N–H and O–H groups in total. The fourth-order valence-electron chi connectivity index (χ4n) is 2.67. The number of benzene rings is 3. The van der Waals surface area contributed by atoms with Gasteiger partial charge in [-0.3, -0.25) is 4.79 Å². The van der Waals surface area contributed by atoms with Crippen molar-refractivity contribution >= 4 is 57.8 Å². The van der Waals surface area contributed by atoms with Gasteiger partial charge in [0, 0.05) is 17.9 Å². The average molecular weight is 462 g/mol. The minimum absolute atomic E-state index is 0.00736. The van der Waals surface area contributed by atoms with Crippen molar-refractivity contribution < 1.29 is 9.18 Å². The number of hydrogen-bond donors (Lipinski definition) is 3. The SMILES string of the molecule is O=C(Nc1ccc(NC(=S)NCCc2ccc(Cl)c(Cl)c2)cc1)c1ccccc1F. The van der Waals surface area contributed by atoms with Crippen LogP contribution in [0.1, 0.15) is 15.9 Å². The first-order chi connectivity index (χ1) is 14.4. The summed E-state index contributed by atoms with van der Waals surface area (Å²) >= 11 is 17.2. The first-order valence-electron chi connectivity index (χ1n) is 9.07. The van der Waals surface area contributed by atoms with Crippen molar-refractivity contribution in [2.75, 3.05) is 17.2 Å². The van der Waals surface area contributed by atoms with Gasteiger partial charge in [-0.15, -0.1) is 0 Å². The Balaban J connectivity index is 1.47. The smallest absolute Gasteiger partial charge is 0.258 e. The summed E-state index contributed by atoms with van der Waals surface area (Å²) in [5, 5.41) is 10.4. The molecule has 0 atom stereocenters. The molecule has 0 aliphatic carbocycles. The molecule has 0 spiro atoms. The van der Waals surface area contributed by atoms with Crippen molar-refractivity contribution in [1.29, 1.82) is 0 Å². The molecule has 0 saturated heterocycles. The van der Waals surface area contributed by atoms with Crippen molar-refractivity contribution in [2.45, 2.75) is 6.42 Å². The van der Waals surface area contributed by atoms with E-state index < -0.39 is 11.7 Å². The van der Waals surface area contributed by atoms with E-state index in [4.69, 9.17) is 35.4 Å². The van der Waals surface area contributed by atoms with E-state index in [-0.39, 0.29) is 5.56 Å². The van der Waals surface area contributed by atoms with Crippen LogP contribution in [0.3, 0.4) is 0 Å². The number of rotatable bonds is 6. The maximum Gasteiger partial charge on any atom is 0.258 e. The van der Waals surface area contributed by atoms with Gasteiger partial charge in [0.15, 0.2) is 5.11 Å². The lowest BCUT2D eigenvalue weighted by Crippen LogP contribution is -2.30. The molecule has 1 amide bonds. The summed E-state index contributed by atoms with van der Waals surface area (Å²) in [6, 6.07) is 18.3. The Morgan fingerprint density at radius 2 is 1.57 bits per heavy atom. The molecule has 0 aliphatic heterocycles. The second-order valence-electron chi connectivity index (χ2n) is 6.39. The van der Waals surface area contributed by atoms with E-state index in [0.29, 0.717) is 27.4 Å². The van der Waals surface area contributed by atoms with Gasteiger partial charge in [-0.25, -0.2) is 4.39 Å². The van der Waals surface area contributed by atoms with Crippen LogP contribution in [-0.2, 0) is 6.42 Å². The largest absolute Gasteiger partial charge is 0.362 e. The molecule has 0 saturated carbocycles. The van der Waals surface area contributed by atoms with Crippen LogP contribution in [0.5, 0.6) is 0 Å². The van der Waals surface area contributed by atoms with Crippen LogP contribution in [0.25, 0.3) is 0 Å². The van der Waals surface area contributed by atoms with Crippen molar-refractivity contribution in [2.24, 2.45) is 0 Å². The number of thiocarbonyl (C=S) groups is 1. The Kier molecular flexibility index (Phi) is 7.63. The summed E-state index contributed by atoms with van der Waals surface area (Å²) in [7, 11) is 0. The molecule has 4 nitrogen and oxygen atoms in total. The molecular formula is C22H18Cl2FN3OS. The molecule has 8 heteroatoms.